The highest BCUT2D eigenvalue weighted by molar-refractivity contribution is 4.91. The van der Waals surface area contributed by atoms with Crippen LogP contribution in [0.2, 0.25) is 0 Å². The van der Waals surface area contributed by atoms with E-state index in [-0.39, 0.29) is 5.69 Å². The van der Waals surface area contributed by atoms with Crippen LogP contribution in [0.15, 0.2) is 4.79 Å². The summed E-state index contributed by atoms with van der Waals surface area (Å²) in [6.07, 6.45) is 5.34. The highest BCUT2D eigenvalue weighted by Gasteiger charge is 2.15. The Morgan fingerprint density at radius 3 is 3.00 bits per heavy atom. The Morgan fingerprint density at radius 2 is 2.24 bits per heavy atom. The summed E-state index contributed by atoms with van der Waals surface area (Å²) in [5.74, 6) is 0.975. The minimum absolute atomic E-state index is 0.0789. The van der Waals surface area contributed by atoms with Gasteiger partial charge in [0.15, 0.2) is 0 Å². The first-order chi connectivity index (χ1) is 8.33. The summed E-state index contributed by atoms with van der Waals surface area (Å²) in [7, 11) is 0. The molecule has 1 aromatic rings. The summed E-state index contributed by atoms with van der Waals surface area (Å²) >= 11 is 0. The molecule has 2 rings (SSSR count). The normalized spacial score (nSPS) is 14.9. The van der Waals surface area contributed by atoms with Crippen LogP contribution in [0.3, 0.4) is 0 Å². The van der Waals surface area contributed by atoms with E-state index >= 15 is 0 Å². The molecule has 0 saturated heterocycles. The van der Waals surface area contributed by atoms with Crippen molar-refractivity contribution in [3.8, 4) is 0 Å². The Labute approximate surface area is 102 Å². The maximum atomic E-state index is 12.0. The number of nitrogens with zero attached hydrogens (tertiary/aromatic N) is 3. The average molecular weight is 238 g/mol. The Morgan fingerprint density at radius 1 is 1.35 bits per heavy atom. The van der Waals surface area contributed by atoms with Crippen LogP contribution < -0.4 is 11.0 Å². The molecule has 0 spiro atoms. The monoisotopic (exact) mass is 238 g/mol. The Hall–Kier alpha value is -1.10. The zero-order chi connectivity index (χ0) is 12.1. The molecule has 0 amide bonds. The number of fused-ring (bicyclic) bond motifs is 1. The highest BCUT2D eigenvalue weighted by Crippen LogP contribution is 2.09. The molecule has 1 aliphatic heterocycles. The first-order valence-corrected chi connectivity index (χ1v) is 6.70. The minimum Gasteiger partial charge on any atom is -0.317 e. The van der Waals surface area contributed by atoms with Gasteiger partial charge in [0.1, 0.15) is 5.82 Å². The van der Waals surface area contributed by atoms with Gasteiger partial charge in [-0.15, -0.1) is 0 Å². The van der Waals surface area contributed by atoms with Gasteiger partial charge in [-0.25, -0.2) is 9.48 Å². The molecular formula is C12H22N4O. The summed E-state index contributed by atoms with van der Waals surface area (Å²) in [5, 5.41) is 7.74. The van der Waals surface area contributed by atoms with Gasteiger partial charge in [0.25, 0.3) is 0 Å². The van der Waals surface area contributed by atoms with E-state index in [9.17, 15) is 4.79 Å². The van der Waals surface area contributed by atoms with E-state index in [1.165, 1.54) is 0 Å². The zero-order valence-corrected chi connectivity index (χ0v) is 10.6. The molecule has 17 heavy (non-hydrogen) atoms. The van der Waals surface area contributed by atoms with Crippen LogP contribution in [-0.2, 0) is 19.5 Å². The van der Waals surface area contributed by atoms with Gasteiger partial charge < -0.3 is 5.32 Å². The molecule has 1 aliphatic rings. The number of aryl methyl sites for hydroxylation is 2. The van der Waals surface area contributed by atoms with E-state index in [0.29, 0.717) is 0 Å². The summed E-state index contributed by atoms with van der Waals surface area (Å²) < 4.78 is 3.47. The second kappa shape index (κ2) is 6.00. The fourth-order valence-corrected chi connectivity index (χ4v) is 2.25. The molecule has 0 aliphatic carbocycles. The first-order valence-electron chi connectivity index (χ1n) is 6.70. The number of aromatic nitrogens is 3. The van der Waals surface area contributed by atoms with Crippen molar-refractivity contribution in [3.63, 3.8) is 0 Å². The fourth-order valence-electron chi connectivity index (χ4n) is 2.25. The van der Waals surface area contributed by atoms with Gasteiger partial charge in [-0.1, -0.05) is 6.92 Å². The van der Waals surface area contributed by atoms with Gasteiger partial charge in [-0.05, 0) is 38.8 Å². The molecule has 1 N–H and O–H groups in total. The van der Waals surface area contributed by atoms with Gasteiger partial charge >= 0.3 is 5.69 Å². The van der Waals surface area contributed by atoms with Gasteiger partial charge in [-0.3, -0.25) is 4.57 Å². The highest BCUT2D eigenvalue weighted by atomic mass is 16.2. The Balaban J connectivity index is 1.88. The molecule has 1 aromatic heterocycles. The third-order valence-electron chi connectivity index (χ3n) is 3.18. The molecular weight excluding hydrogens is 216 g/mol. The SMILES string of the molecule is CCCNCCCn1nc2n(c1=O)CCCC2. The second-order valence-corrected chi connectivity index (χ2v) is 4.63. The van der Waals surface area contributed by atoms with Crippen molar-refractivity contribution in [2.45, 2.75) is 52.1 Å². The van der Waals surface area contributed by atoms with Crippen LogP contribution in [0, 0.1) is 0 Å². The van der Waals surface area contributed by atoms with E-state index < -0.39 is 0 Å². The standard InChI is InChI=1S/C12H22N4O/c1-2-7-13-8-5-10-16-12(17)15-9-4-3-6-11(15)14-16/h13H,2-10H2,1H3. The lowest BCUT2D eigenvalue weighted by Gasteiger charge is -2.09. The number of hydrogen-bond acceptors (Lipinski definition) is 3. The second-order valence-electron chi connectivity index (χ2n) is 4.63. The summed E-state index contributed by atoms with van der Waals surface area (Å²) in [5.41, 5.74) is 0.0789. The molecule has 2 heterocycles. The molecule has 5 heteroatoms. The van der Waals surface area contributed by atoms with Gasteiger partial charge in [0.2, 0.25) is 0 Å². The van der Waals surface area contributed by atoms with Crippen molar-refractivity contribution in [3.05, 3.63) is 16.3 Å². The smallest absolute Gasteiger partial charge is 0.317 e. The van der Waals surface area contributed by atoms with Crippen molar-refractivity contribution >= 4 is 0 Å². The van der Waals surface area contributed by atoms with Crippen LogP contribution in [0.1, 0.15) is 38.4 Å². The van der Waals surface area contributed by atoms with E-state index in [4.69, 9.17) is 0 Å². The summed E-state index contributed by atoms with van der Waals surface area (Å²) in [6, 6.07) is 0. The molecule has 96 valence electrons. The van der Waals surface area contributed by atoms with Gasteiger partial charge in [0, 0.05) is 19.5 Å². The average Bonchev–Trinajstić information content (AvgIpc) is 2.67. The summed E-state index contributed by atoms with van der Waals surface area (Å²) in [6.45, 7) is 5.75. The van der Waals surface area contributed by atoms with Crippen molar-refractivity contribution in [2.75, 3.05) is 13.1 Å². The van der Waals surface area contributed by atoms with Gasteiger partial charge in [0.05, 0.1) is 0 Å². The van der Waals surface area contributed by atoms with Crippen LogP contribution in [0.5, 0.6) is 0 Å². The van der Waals surface area contributed by atoms with Crippen LogP contribution >= 0.6 is 0 Å². The minimum atomic E-state index is 0.0789. The quantitative estimate of drug-likeness (QED) is 0.745. The molecule has 0 radical (unpaired) electrons. The number of rotatable bonds is 6. The maximum Gasteiger partial charge on any atom is 0.345 e. The van der Waals surface area contributed by atoms with Crippen molar-refractivity contribution < 1.29 is 0 Å². The lowest BCUT2D eigenvalue weighted by atomic mass is 10.2. The lowest BCUT2D eigenvalue weighted by Crippen LogP contribution is -2.28. The van der Waals surface area contributed by atoms with Crippen LogP contribution in [-0.4, -0.2) is 27.4 Å². The predicted molar refractivity (Wildman–Crippen MR) is 67.2 cm³/mol. The summed E-state index contributed by atoms with van der Waals surface area (Å²) in [4.78, 5) is 12.0. The van der Waals surface area contributed by atoms with Crippen molar-refractivity contribution in [1.82, 2.24) is 19.7 Å². The zero-order valence-electron chi connectivity index (χ0n) is 10.6. The Kier molecular flexibility index (Phi) is 4.36. The third kappa shape index (κ3) is 2.97. The molecule has 0 aromatic carbocycles. The maximum absolute atomic E-state index is 12.0. The van der Waals surface area contributed by atoms with E-state index in [2.05, 4.69) is 17.3 Å². The number of hydrogen-bond donors (Lipinski definition) is 1. The lowest BCUT2D eigenvalue weighted by molar-refractivity contribution is 0.506. The molecule has 0 unspecified atom stereocenters. The van der Waals surface area contributed by atoms with Crippen LogP contribution in [0.25, 0.3) is 0 Å². The molecule has 0 atom stereocenters. The van der Waals surface area contributed by atoms with Gasteiger partial charge in [-0.2, -0.15) is 5.10 Å². The van der Waals surface area contributed by atoms with E-state index in [1.54, 1.807) is 4.68 Å². The molecule has 0 saturated carbocycles. The molecule has 5 nitrogen and oxygen atoms in total. The largest absolute Gasteiger partial charge is 0.345 e. The number of nitrogens with one attached hydrogen (secondary N) is 1. The first kappa shape index (κ1) is 12.4. The fraction of sp³-hybridized carbons (Fsp3) is 0.833. The van der Waals surface area contributed by atoms with Crippen molar-refractivity contribution in [1.29, 1.82) is 0 Å². The Bertz CT molecular complexity index is 407. The molecule has 0 fully saturated rings. The van der Waals surface area contributed by atoms with Crippen molar-refractivity contribution in [2.24, 2.45) is 0 Å². The predicted octanol–water partition coefficient (Wildman–Crippen LogP) is 0.771. The van der Waals surface area contributed by atoms with Crippen LogP contribution in [0.4, 0.5) is 0 Å². The van der Waals surface area contributed by atoms with E-state index in [1.807, 2.05) is 4.57 Å². The van der Waals surface area contributed by atoms with E-state index in [0.717, 1.165) is 64.1 Å². The molecule has 0 bridgehead atoms. The topological polar surface area (TPSA) is 51.9 Å². The third-order valence-corrected chi connectivity index (χ3v) is 3.18.